The van der Waals surface area contributed by atoms with E-state index in [4.69, 9.17) is 9.47 Å². The molecule has 20 heavy (non-hydrogen) atoms. The van der Waals surface area contributed by atoms with Crippen molar-refractivity contribution < 1.29 is 29.2 Å². The van der Waals surface area contributed by atoms with Gasteiger partial charge in [-0.15, -0.1) is 0 Å². The minimum Gasteiger partial charge on any atom is -0.467 e. The Labute approximate surface area is 119 Å². The Kier molecular flexibility index (Phi) is 3.66. The van der Waals surface area contributed by atoms with Crippen LogP contribution < -0.4 is 0 Å². The molecule has 0 radical (unpaired) electrons. The summed E-state index contributed by atoms with van der Waals surface area (Å²) in [5, 5.41) is 20.6. The van der Waals surface area contributed by atoms with E-state index in [0.717, 1.165) is 0 Å². The van der Waals surface area contributed by atoms with Crippen LogP contribution in [0, 0.1) is 0 Å². The molecule has 0 amide bonds. The third-order valence-corrected chi connectivity index (χ3v) is 4.72. The van der Waals surface area contributed by atoms with Crippen LogP contribution >= 0.6 is 0 Å². The molecule has 2 aliphatic rings. The highest BCUT2D eigenvalue weighted by atomic mass is 16.6. The van der Waals surface area contributed by atoms with Gasteiger partial charge in [0.25, 0.3) is 0 Å². The van der Waals surface area contributed by atoms with E-state index < -0.39 is 41.1 Å². The molecular formula is C14H24O6. The summed E-state index contributed by atoms with van der Waals surface area (Å²) in [7, 11) is 1.21. The van der Waals surface area contributed by atoms with Gasteiger partial charge in [0, 0.05) is 12.8 Å². The van der Waals surface area contributed by atoms with Crippen molar-refractivity contribution in [2.75, 3.05) is 7.11 Å². The summed E-state index contributed by atoms with van der Waals surface area (Å²) in [6.07, 6.45) is -2.14. The molecule has 2 N–H and O–H groups in total. The zero-order chi connectivity index (χ0) is 15.3. The number of ether oxygens (including phenoxy) is 3. The molecule has 1 saturated heterocycles. The average Bonchev–Trinajstić information content (AvgIpc) is 2.30. The van der Waals surface area contributed by atoms with Gasteiger partial charge >= 0.3 is 5.97 Å². The fourth-order valence-corrected chi connectivity index (χ4v) is 2.86. The zero-order valence-corrected chi connectivity index (χ0v) is 12.7. The van der Waals surface area contributed by atoms with Gasteiger partial charge in [-0.3, -0.25) is 0 Å². The molecule has 116 valence electrons. The van der Waals surface area contributed by atoms with Crippen molar-refractivity contribution in [2.45, 2.75) is 75.7 Å². The van der Waals surface area contributed by atoms with Crippen LogP contribution in [0.15, 0.2) is 0 Å². The number of aliphatic hydroxyl groups excluding tert-OH is 1. The summed E-state index contributed by atoms with van der Waals surface area (Å²) in [6, 6.07) is 0. The van der Waals surface area contributed by atoms with Crippen LogP contribution in [0.2, 0.25) is 0 Å². The standard InChI is InChI=1S/C14H24O6/c1-12(2)13(3,4)20-10-8(15)6-14(17,11(16)18-5)7-9(10)19-12/h8-10,15,17H,6-7H2,1-5H3. The van der Waals surface area contributed by atoms with Crippen LogP contribution in [-0.4, -0.2) is 58.4 Å². The Morgan fingerprint density at radius 1 is 1.15 bits per heavy atom. The zero-order valence-electron chi connectivity index (χ0n) is 12.7. The fourth-order valence-electron chi connectivity index (χ4n) is 2.86. The van der Waals surface area contributed by atoms with Gasteiger partial charge < -0.3 is 24.4 Å². The lowest BCUT2D eigenvalue weighted by Crippen LogP contribution is -2.68. The minimum atomic E-state index is -1.73. The van der Waals surface area contributed by atoms with Crippen molar-refractivity contribution >= 4 is 5.97 Å². The van der Waals surface area contributed by atoms with E-state index in [-0.39, 0.29) is 12.8 Å². The largest absolute Gasteiger partial charge is 0.467 e. The van der Waals surface area contributed by atoms with E-state index in [2.05, 4.69) is 4.74 Å². The summed E-state index contributed by atoms with van der Waals surface area (Å²) in [5.41, 5.74) is -2.89. The van der Waals surface area contributed by atoms with Crippen LogP contribution in [0.5, 0.6) is 0 Å². The lowest BCUT2D eigenvalue weighted by molar-refractivity contribution is -0.329. The van der Waals surface area contributed by atoms with E-state index >= 15 is 0 Å². The van der Waals surface area contributed by atoms with Gasteiger partial charge in [0.2, 0.25) is 0 Å². The van der Waals surface area contributed by atoms with E-state index in [9.17, 15) is 15.0 Å². The SMILES string of the molecule is COC(=O)C1(O)CC(O)C2OC(C)(C)C(C)(C)OC2C1. The van der Waals surface area contributed by atoms with E-state index in [1.807, 2.05) is 27.7 Å². The van der Waals surface area contributed by atoms with Crippen molar-refractivity contribution in [1.82, 2.24) is 0 Å². The summed E-state index contributed by atoms with van der Waals surface area (Å²) in [4.78, 5) is 11.7. The molecule has 0 aromatic carbocycles. The molecule has 1 heterocycles. The third kappa shape index (κ3) is 2.35. The summed E-state index contributed by atoms with van der Waals surface area (Å²) >= 11 is 0. The molecule has 4 unspecified atom stereocenters. The van der Waals surface area contributed by atoms with Crippen LogP contribution in [0.25, 0.3) is 0 Å². The highest BCUT2D eigenvalue weighted by Gasteiger charge is 2.58. The van der Waals surface area contributed by atoms with E-state index in [1.54, 1.807) is 0 Å². The van der Waals surface area contributed by atoms with Crippen LogP contribution in [0.1, 0.15) is 40.5 Å². The quantitative estimate of drug-likeness (QED) is 0.679. The molecule has 6 heteroatoms. The molecule has 0 aromatic heterocycles. The molecule has 1 aliphatic carbocycles. The van der Waals surface area contributed by atoms with Gasteiger partial charge in [-0.2, -0.15) is 0 Å². The highest BCUT2D eigenvalue weighted by molar-refractivity contribution is 5.79. The summed E-state index contributed by atoms with van der Waals surface area (Å²) in [5.74, 6) is -0.749. The number of carbonyl (C=O) groups is 1. The van der Waals surface area contributed by atoms with E-state index in [1.165, 1.54) is 7.11 Å². The maximum Gasteiger partial charge on any atom is 0.338 e. The van der Waals surface area contributed by atoms with Crippen LogP contribution in [-0.2, 0) is 19.0 Å². The predicted molar refractivity (Wildman–Crippen MR) is 70.1 cm³/mol. The average molecular weight is 288 g/mol. The monoisotopic (exact) mass is 288 g/mol. The van der Waals surface area contributed by atoms with Gasteiger partial charge in [-0.1, -0.05) is 0 Å². The Morgan fingerprint density at radius 3 is 2.25 bits per heavy atom. The molecule has 0 spiro atoms. The number of hydrogen-bond acceptors (Lipinski definition) is 6. The van der Waals surface area contributed by atoms with Crippen molar-refractivity contribution in [3.8, 4) is 0 Å². The fraction of sp³-hybridized carbons (Fsp3) is 0.929. The lowest BCUT2D eigenvalue weighted by Gasteiger charge is -2.55. The number of hydrogen-bond donors (Lipinski definition) is 2. The van der Waals surface area contributed by atoms with Crippen LogP contribution in [0.3, 0.4) is 0 Å². The first-order valence-electron chi connectivity index (χ1n) is 6.87. The number of methoxy groups -OCH3 is 1. The Bertz CT molecular complexity index is 404. The second kappa shape index (κ2) is 4.66. The van der Waals surface area contributed by atoms with Crippen molar-refractivity contribution in [1.29, 1.82) is 0 Å². The second-order valence-electron chi connectivity index (χ2n) is 6.76. The first kappa shape index (κ1) is 15.7. The molecule has 1 saturated carbocycles. The topological polar surface area (TPSA) is 85.2 Å². The highest BCUT2D eigenvalue weighted by Crippen LogP contribution is 2.44. The van der Waals surface area contributed by atoms with Gasteiger partial charge in [-0.25, -0.2) is 4.79 Å². The van der Waals surface area contributed by atoms with Gasteiger partial charge in [0.05, 0.1) is 30.5 Å². The van der Waals surface area contributed by atoms with Crippen molar-refractivity contribution in [2.24, 2.45) is 0 Å². The second-order valence-corrected chi connectivity index (χ2v) is 6.76. The van der Waals surface area contributed by atoms with Gasteiger partial charge in [-0.05, 0) is 27.7 Å². The molecule has 6 nitrogen and oxygen atoms in total. The maximum atomic E-state index is 11.7. The maximum absolute atomic E-state index is 11.7. The normalized spacial score (nSPS) is 42.6. The number of carbonyl (C=O) groups excluding carboxylic acids is 1. The predicted octanol–water partition coefficient (Wildman–Crippen LogP) is 0.386. The molecular weight excluding hydrogens is 264 g/mol. The molecule has 2 rings (SSSR count). The summed E-state index contributed by atoms with van der Waals surface area (Å²) < 4.78 is 16.6. The Balaban J connectivity index is 2.25. The first-order valence-corrected chi connectivity index (χ1v) is 6.87. The molecule has 2 fully saturated rings. The number of aliphatic hydroxyl groups is 2. The lowest BCUT2D eigenvalue weighted by atomic mass is 9.76. The van der Waals surface area contributed by atoms with E-state index in [0.29, 0.717) is 0 Å². The summed E-state index contributed by atoms with van der Waals surface area (Å²) in [6.45, 7) is 7.58. The Morgan fingerprint density at radius 2 is 1.70 bits per heavy atom. The van der Waals surface area contributed by atoms with Crippen LogP contribution in [0.4, 0.5) is 0 Å². The number of rotatable bonds is 1. The van der Waals surface area contributed by atoms with Gasteiger partial charge in [0.15, 0.2) is 5.60 Å². The van der Waals surface area contributed by atoms with Crippen molar-refractivity contribution in [3.63, 3.8) is 0 Å². The molecule has 0 aromatic rings. The first-order chi connectivity index (χ1) is 9.02. The minimum absolute atomic E-state index is 0.0565. The third-order valence-electron chi connectivity index (χ3n) is 4.72. The smallest absolute Gasteiger partial charge is 0.338 e. The van der Waals surface area contributed by atoms with Gasteiger partial charge in [0.1, 0.15) is 6.10 Å². The Hall–Kier alpha value is -0.690. The molecule has 4 atom stereocenters. The number of fused-ring (bicyclic) bond motifs is 1. The van der Waals surface area contributed by atoms with Crippen molar-refractivity contribution in [3.05, 3.63) is 0 Å². The molecule has 0 bridgehead atoms. The number of esters is 1. The molecule has 1 aliphatic heterocycles.